The van der Waals surface area contributed by atoms with Crippen LogP contribution in [-0.2, 0) is 14.6 Å². The van der Waals surface area contributed by atoms with E-state index in [1.807, 2.05) is 0 Å². The summed E-state index contributed by atoms with van der Waals surface area (Å²) in [6, 6.07) is -0.552. The molecule has 1 heterocycles. The van der Waals surface area contributed by atoms with Crippen molar-refractivity contribution in [2.24, 2.45) is 0 Å². The number of nitrogens with one attached hydrogen (secondary N) is 1. The van der Waals surface area contributed by atoms with Gasteiger partial charge in [-0.1, -0.05) is 0 Å². The summed E-state index contributed by atoms with van der Waals surface area (Å²) in [5.74, 6) is 0.0416. The molecule has 92 valence electrons. The largest absolute Gasteiger partial charge is 0.444 e. The third-order valence-electron chi connectivity index (χ3n) is 1.85. The highest BCUT2D eigenvalue weighted by Gasteiger charge is 2.24. The standard InChI is InChI=1S/C8H11Cl2NO4S/c9-3-7(4-10)15-8(12)11-6-1-2-16(13,14)5-6/h1-2,6-7H,3-5H2,(H,11,12)/t6-/m0/s1. The first-order valence-corrected chi connectivity index (χ1v) is 7.25. The topological polar surface area (TPSA) is 72.5 Å². The molecule has 0 radical (unpaired) electrons. The zero-order valence-electron chi connectivity index (χ0n) is 8.23. The Morgan fingerprint density at radius 2 is 2.12 bits per heavy atom. The highest BCUT2D eigenvalue weighted by atomic mass is 35.5. The number of sulfone groups is 1. The molecule has 8 heteroatoms. The average Bonchev–Trinajstić information content (AvgIpc) is 2.54. The van der Waals surface area contributed by atoms with Gasteiger partial charge in [-0.2, -0.15) is 0 Å². The fourth-order valence-electron chi connectivity index (χ4n) is 1.11. The van der Waals surface area contributed by atoms with E-state index in [4.69, 9.17) is 27.9 Å². The van der Waals surface area contributed by atoms with E-state index in [2.05, 4.69) is 5.32 Å². The molecule has 0 spiro atoms. The van der Waals surface area contributed by atoms with Crippen LogP contribution in [0.15, 0.2) is 11.5 Å². The van der Waals surface area contributed by atoms with Gasteiger partial charge < -0.3 is 10.1 Å². The highest BCUT2D eigenvalue weighted by molar-refractivity contribution is 7.94. The van der Waals surface area contributed by atoms with Crippen LogP contribution >= 0.6 is 23.2 Å². The van der Waals surface area contributed by atoms with Gasteiger partial charge in [-0.15, -0.1) is 23.2 Å². The number of amides is 1. The van der Waals surface area contributed by atoms with Gasteiger partial charge in [0, 0.05) is 5.41 Å². The Morgan fingerprint density at radius 3 is 2.56 bits per heavy atom. The lowest BCUT2D eigenvalue weighted by Gasteiger charge is -2.15. The van der Waals surface area contributed by atoms with E-state index in [1.165, 1.54) is 6.08 Å². The summed E-state index contributed by atoms with van der Waals surface area (Å²) in [7, 11) is -3.18. The number of rotatable bonds is 4. The van der Waals surface area contributed by atoms with E-state index in [0.29, 0.717) is 0 Å². The van der Waals surface area contributed by atoms with Crippen molar-refractivity contribution in [3.8, 4) is 0 Å². The Bertz CT molecular complexity index is 377. The molecule has 0 bridgehead atoms. The number of alkyl carbamates (subject to hydrolysis) is 1. The third kappa shape index (κ3) is 4.19. The normalized spacial score (nSPS) is 22.3. The number of carbonyl (C=O) groups excluding carboxylic acids is 1. The molecule has 0 saturated carbocycles. The Balaban J connectivity index is 2.39. The van der Waals surface area contributed by atoms with Crippen LogP contribution in [-0.4, -0.2) is 44.2 Å². The van der Waals surface area contributed by atoms with Gasteiger partial charge in [0.15, 0.2) is 9.84 Å². The van der Waals surface area contributed by atoms with Crippen molar-refractivity contribution >= 4 is 39.1 Å². The van der Waals surface area contributed by atoms with Gasteiger partial charge in [0.1, 0.15) is 6.10 Å². The Labute approximate surface area is 104 Å². The number of ether oxygens (including phenoxy) is 1. The summed E-state index contributed by atoms with van der Waals surface area (Å²) < 4.78 is 26.9. The van der Waals surface area contributed by atoms with Crippen LogP contribution in [0.4, 0.5) is 4.79 Å². The van der Waals surface area contributed by atoms with Crippen LogP contribution in [0, 0.1) is 0 Å². The van der Waals surface area contributed by atoms with Gasteiger partial charge in [-0.25, -0.2) is 13.2 Å². The molecule has 1 aliphatic heterocycles. The third-order valence-corrected chi connectivity index (χ3v) is 3.94. The minimum Gasteiger partial charge on any atom is -0.444 e. The zero-order valence-corrected chi connectivity index (χ0v) is 10.6. The number of carbonyl (C=O) groups is 1. The molecule has 1 rings (SSSR count). The Morgan fingerprint density at radius 1 is 1.50 bits per heavy atom. The van der Waals surface area contributed by atoms with Crippen LogP contribution in [0.2, 0.25) is 0 Å². The number of alkyl halides is 2. The van der Waals surface area contributed by atoms with Crippen LogP contribution in [0.3, 0.4) is 0 Å². The lowest BCUT2D eigenvalue weighted by Crippen LogP contribution is -2.38. The van der Waals surface area contributed by atoms with E-state index in [1.54, 1.807) is 0 Å². The smallest absolute Gasteiger partial charge is 0.407 e. The molecule has 0 unspecified atom stereocenters. The summed E-state index contributed by atoms with van der Waals surface area (Å²) in [6.07, 6.45) is 0.0934. The van der Waals surface area contributed by atoms with E-state index >= 15 is 0 Å². The maximum absolute atomic E-state index is 11.3. The highest BCUT2D eigenvalue weighted by Crippen LogP contribution is 2.08. The fourth-order valence-corrected chi connectivity index (χ4v) is 2.80. The van der Waals surface area contributed by atoms with Crippen molar-refractivity contribution in [3.05, 3.63) is 11.5 Å². The lowest BCUT2D eigenvalue weighted by molar-refractivity contribution is 0.117. The van der Waals surface area contributed by atoms with Crippen LogP contribution in [0.25, 0.3) is 0 Å². The van der Waals surface area contributed by atoms with Gasteiger partial charge in [-0.3, -0.25) is 0 Å². The first-order chi connectivity index (χ1) is 7.46. The molecule has 1 amide bonds. The summed E-state index contributed by atoms with van der Waals surface area (Å²) in [4.78, 5) is 11.3. The van der Waals surface area contributed by atoms with Crippen molar-refractivity contribution < 1.29 is 17.9 Å². The van der Waals surface area contributed by atoms with E-state index < -0.39 is 28.1 Å². The lowest BCUT2D eigenvalue weighted by atomic mass is 10.3. The Hall–Kier alpha value is -0.460. The molecule has 5 nitrogen and oxygen atoms in total. The van der Waals surface area contributed by atoms with Gasteiger partial charge in [0.25, 0.3) is 0 Å². The maximum atomic E-state index is 11.3. The second-order valence-electron chi connectivity index (χ2n) is 3.24. The molecule has 0 aromatic heterocycles. The molecule has 0 fully saturated rings. The summed E-state index contributed by atoms with van der Waals surface area (Å²) in [6.45, 7) is 0. The monoisotopic (exact) mass is 287 g/mol. The maximum Gasteiger partial charge on any atom is 0.407 e. The molecule has 0 aromatic carbocycles. The minimum absolute atomic E-state index is 0.0930. The van der Waals surface area contributed by atoms with Gasteiger partial charge in [-0.05, 0) is 6.08 Å². The summed E-state index contributed by atoms with van der Waals surface area (Å²) >= 11 is 10.9. The molecule has 0 saturated heterocycles. The van der Waals surface area contributed by atoms with E-state index in [0.717, 1.165) is 5.41 Å². The molecular formula is C8H11Cl2NO4S. The first-order valence-electron chi connectivity index (χ1n) is 4.47. The molecule has 1 N–H and O–H groups in total. The van der Waals surface area contributed by atoms with Crippen molar-refractivity contribution in [3.63, 3.8) is 0 Å². The molecular weight excluding hydrogens is 277 g/mol. The number of hydrogen-bond donors (Lipinski definition) is 1. The van der Waals surface area contributed by atoms with Crippen LogP contribution < -0.4 is 5.32 Å². The second-order valence-corrected chi connectivity index (χ2v) is 5.79. The van der Waals surface area contributed by atoms with Gasteiger partial charge in [0.2, 0.25) is 0 Å². The predicted octanol–water partition coefficient (Wildman–Crippen LogP) is 0.869. The van der Waals surface area contributed by atoms with E-state index in [9.17, 15) is 13.2 Å². The van der Waals surface area contributed by atoms with E-state index in [-0.39, 0.29) is 17.5 Å². The molecule has 0 aromatic rings. The zero-order chi connectivity index (χ0) is 12.2. The molecule has 1 aliphatic rings. The SMILES string of the molecule is O=C(N[C@H]1C=CS(=O)(=O)C1)OC(CCl)CCl. The van der Waals surface area contributed by atoms with Crippen molar-refractivity contribution in [2.75, 3.05) is 17.5 Å². The summed E-state index contributed by atoms with van der Waals surface area (Å²) in [5.41, 5.74) is 0. The molecule has 0 aliphatic carbocycles. The van der Waals surface area contributed by atoms with Gasteiger partial charge in [0.05, 0.1) is 23.6 Å². The summed E-state index contributed by atoms with van der Waals surface area (Å²) in [5, 5.41) is 3.46. The fraction of sp³-hybridized carbons (Fsp3) is 0.625. The van der Waals surface area contributed by atoms with Crippen molar-refractivity contribution in [1.29, 1.82) is 0 Å². The van der Waals surface area contributed by atoms with Crippen molar-refractivity contribution in [2.45, 2.75) is 12.1 Å². The number of halogens is 2. The Kier molecular flexibility index (Phi) is 4.89. The second kappa shape index (κ2) is 5.75. The quantitative estimate of drug-likeness (QED) is 0.779. The van der Waals surface area contributed by atoms with Gasteiger partial charge >= 0.3 is 6.09 Å². The molecule has 16 heavy (non-hydrogen) atoms. The van der Waals surface area contributed by atoms with Crippen LogP contribution in [0.5, 0.6) is 0 Å². The predicted molar refractivity (Wildman–Crippen MR) is 61.6 cm³/mol. The van der Waals surface area contributed by atoms with Crippen LogP contribution in [0.1, 0.15) is 0 Å². The first kappa shape index (κ1) is 13.6. The number of hydrogen-bond acceptors (Lipinski definition) is 4. The van der Waals surface area contributed by atoms with Crippen molar-refractivity contribution in [1.82, 2.24) is 5.32 Å². The minimum atomic E-state index is -3.18. The molecule has 1 atom stereocenters. The average molecular weight is 288 g/mol.